The van der Waals surface area contributed by atoms with Gasteiger partial charge in [0, 0.05) is 16.9 Å². The van der Waals surface area contributed by atoms with E-state index in [4.69, 9.17) is 0 Å². The predicted octanol–water partition coefficient (Wildman–Crippen LogP) is 3.42. The van der Waals surface area contributed by atoms with Crippen LogP contribution in [0.25, 0.3) is 0 Å². The monoisotopic (exact) mass is 282 g/mol. The lowest BCUT2D eigenvalue weighted by atomic mass is 10.1. The van der Waals surface area contributed by atoms with E-state index in [1.54, 1.807) is 6.07 Å². The lowest BCUT2D eigenvalue weighted by Gasteiger charge is -2.14. The van der Waals surface area contributed by atoms with Crippen molar-refractivity contribution in [1.29, 1.82) is 0 Å². The van der Waals surface area contributed by atoms with E-state index in [-0.39, 0.29) is 11.7 Å². The van der Waals surface area contributed by atoms with Gasteiger partial charge in [-0.05, 0) is 60.7 Å². The largest absolute Gasteiger partial charge is 0.370 e. The van der Waals surface area contributed by atoms with E-state index in [1.807, 2.05) is 6.07 Å². The Kier molecular flexibility index (Phi) is 2.70. The molecule has 0 saturated carbocycles. The summed E-state index contributed by atoms with van der Waals surface area (Å²) in [4.78, 5) is 12.1. The maximum absolute atomic E-state index is 13.4. The Balaban J connectivity index is 1.66. The minimum absolute atomic E-state index is 0.143. The third-order valence-corrected chi connectivity index (χ3v) is 4.25. The van der Waals surface area contributed by atoms with Crippen LogP contribution in [0.4, 0.5) is 15.8 Å². The number of benzene rings is 2. The van der Waals surface area contributed by atoms with E-state index in [0.717, 1.165) is 18.5 Å². The summed E-state index contributed by atoms with van der Waals surface area (Å²) in [6.45, 7) is 0. The Morgan fingerprint density at radius 3 is 2.86 bits per heavy atom. The van der Waals surface area contributed by atoms with Crippen molar-refractivity contribution in [3.8, 4) is 0 Å². The first-order valence-electron chi connectivity index (χ1n) is 7.19. The molecule has 0 radical (unpaired) electrons. The molecule has 1 heterocycles. The summed E-state index contributed by atoms with van der Waals surface area (Å²) in [7, 11) is 0. The normalized spacial score (nSPS) is 19.1. The van der Waals surface area contributed by atoms with Crippen LogP contribution in [0.15, 0.2) is 36.4 Å². The van der Waals surface area contributed by atoms with Gasteiger partial charge in [-0.3, -0.25) is 4.79 Å². The molecule has 0 spiro atoms. The summed E-state index contributed by atoms with van der Waals surface area (Å²) in [6, 6.07) is 10.1. The van der Waals surface area contributed by atoms with Crippen LogP contribution >= 0.6 is 0 Å². The van der Waals surface area contributed by atoms with Crippen molar-refractivity contribution in [1.82, 2.24) is 0 Å². The Morgan fingerprint density at radius 2 is 1.95 bits per heavy atom. The second kappa shape index (κ2) is 4.58. The van der Waals surface area contributed by atoms with Gasteiger partial charge < -0.3 is 10.6 Å². The molecule has 4 rings (SSSR count). The second-order valence-corrected chi connectivity index (χ2v) is 5.64. The van der Waals surface area contributed by atoms with Gasteiger partial charge in [-0.1, -0.05) is 6.07 Å². The van der Waals surface area contributed by atoms with Gasteiger partial charge in [0.2, 0.25) is 0 Å². The van der Waals surface area contributed by atoms with Crippen molar-refractivity contribution < 1.29 is 9.18 Å². The Hall–Kier alpha value is -2.36. The number of anilines is 2. The number of hydrogen-bond acceptors (Lipinski definition) is 2. The highest BCUT2D eigenvalue weighted by atomic mass is 19.1. The first-order chi connectivity index (χ1) is 10.2. The zero-order valence-corrected chi connectivity index (χ0v) is 11.4. The number of aryl methyl sites for hydroxylation is 2. The van der Waals surface area contributed by atoms with Crippen LogP contribution in [0.1, 0.15) is 29.2 Å². The highest BCUT2D eigenvalue weighted by molar-refractivity contribution is 6.04. The topological polar surface area (TPSA) is 41.1 Å². The van der Waals surface area contributed by atoms with Crippen LogP contribution in [-0.4, -0.2) is 5.91 Å². The Morgan fingerprint density at radius 1 is 1.10 bits per heavy atom. The first-order valence-corrected chi connectivity index (χ1v) is 7.19. The number of rotatable bonds is 2. The molecule has 1 aliphatic heterocycles. The number of amides is 1. The molecule has 4 heteroatoms. The zero-order valence-electron chi connectivity index (χ0n) is 11.4. The highest BCUT2D eigenvalue weighted by Crippen LogP contribution is 2.34. The second-order valence-electron chi connectivity index (χ2n) is 5.64. The highest BCUT2D eigenvalue weighted by Gasteiger charge is 2.31. The molecule has 0 fully saturated rings. The van der Waals surface area contributed by atoms with Crippen LogP contribution in [0.5, 0.6) is 0 Å². The SMILES string of the molecule is O=C1Nc2ccc(F)cc2C1Nc1ccc2c(c1)CCC2. The molecule has 3 nitrogen and oxygen atoms in total. The van der Waals surface area contributed by atoms with Gasteiger partial charge in [0.25, 0.3) is 5.91 Å². The summed E-state index contributed by atoms with van der Waals surface area (Å²) in [5.41, 5.74) is 4.99. The first kappa shape index (κ1) is 12.4. The van der Waals surface area contributed by atoms with Crippen molar-refractivity contribution in [2.75, 3.05) is 10.6 Å². The van der Waals surface area contributed by atoms with Crippen molar-refractivity contribution in [2.45, 2.75) is 25.3 Å². The van der Waals surface area contributed by atoms with Crippen molar-refractivity contribution in [2.24, 2.45) is 0 Å². The fourth-order valence-corrected chi connectivity index (χ4v) is 3.20. The molecule has 2 aliphatic rings. The average Bonchev–Trinajstić information content (AvgIpc) is 3.04. The summed E-state index contributed by atoms with van der Waals surface area (Å²) >= 11 is 0. The molecule has 1 unspecified atom stereocenters. The smallest absolute Gasteiger partial charge is 0.251 e. The average molecular weight is 282 g/mol. The molecular formula is C17H15FN2O. The summed E-state index contributed by atoms with van der Waals surface area (Å²) < 4.78 is 13.4. The van der Waals surface area contributed by atoms with Crippen molar-refractivity contribution in [3.63, 3.8) is 0 Å². The van der Waals surface area contributed by atoms with Gasteiger partial charge in [-0.2, -0.15) is 0 Å². The van der Waals surface area contributed by atoms with Crippen molar-refractivity contribution in [3.05, 3.63) is 58.9 Å². The summed E-state index contributed by atoms with van der Waals surface area (Å²) in [5, 5.41) is 6.00. The lowest BCUT2D eigenvalue weighted by molar-refractivity contribution is -0.116. The number of fused-ring (bicyclic) bond motifs is 2. The van der Waals surface area contributed by atoms with Crippen LogP contribution in [-0.2, 0) is 17.6 Å². The maximum atomic E-state index is 13.4. The fourth-order valence-electron chi connectivity index (χ4n) is 3.20. The van der Waals surface area contributed by atoms with E-state index in [2.05, 4.69) is 22.8 Å². The van der Waals surface area contributed by atoms with E-state index in [9.17, 15) is 9.18 Å². The minimum Gasteiger partial charge on any atom is -0.370 e. The number of hydrogen-bond donors (Lipinski definition) is 2. The molecule has 1 aliphatic carbocycles. The molecule has 2 aromatic rings. The molecule has 1 amide bonds. The number of carbonyl (C=O) groups is 1. The number of nitrogens with one attached hydrogen (secondary N) is 2. The fraction of sp³-hybridized carbons (Fsp3) is 0.235. The van der Waals surface area contributed by atoms with Crippen LogP contribution in [0.3, 0.4) is 0 Å². The third kappa shape index (κ3) is 2.07. The van der Waals surface area contributed by atoms with Gasteiger partial charge >= 0.3 is 0 Å². The minimum atomic E-state index is -0.532. The zero-order chi connectivity index (χ0) is 14.4. The summed E-state index contributed by atoms with van der Waals surface area (Å²) in [6.07, 6.45) is 3.41. The van der Waals surface area contributed by atoms with Gasteiger partial charge in [0.1, 0.15) is 11.9 Å². The van der Waals surface area contributed by atoms with Crippen LogP contribution in [0.2, 0.25) is 0 Å². The number of carbonyl (C=O) groups excluding carboxylic acids is 1. The molecule has 2 aromatic carbocycles. The summed E-state index contributed by atoms with van der Waals surface area (Å²) in [5.74, 6) is -0.470. The molecule has 0 aromatic heterocycles. The molecule has 21 heavy (non-hydrogen) atoms. The van der Waals surface area contributed by atoms with E-state index in [0.29, 0.717) is 11.3 Å². The van der Waals surface area contributed by atoms with Gasteiger partial charge in [-0.15, -0.1) is 0 Å². The van der Waals surface area contributed by atoms with E-state index in [1.165, 1.54) is 29.7 Å². The van der Waals surface area contributed by atoms with Crippen LogP contribution in [0, 0.1) is 5.82 Å². The quantitative estimate of drug-likeness (QED) is 0.886. The van der Waals surface area contributed by atoms with Crippen molar-refractivity contribution >= 4 is 17.3 Å². The standard InChI is InChI=1S/C17H15FN2O/c18-12-5-7-15-14(9-12)16(17(21)20-15)19-13-6-4-10-2-1-3-11(10)8-13/h4-9,16,19H,1-3H2,(H,20,21). The molecule has 2 N–H and O–H groups in total. The van der Waals surface area contributed by atoms with Gasteiger partial charge in [0.05, 0.1) is 0 Å². The van der Waals surface area contributed by atoms with Gasteiger partial charge in [0.15, 0.2) is 0 Å². The molecular weight excluding hydrogens is 267 g/mol. The van der Waals surface area contributed by atoms with E-state index < -0.39 is 6.04 Å². The predicted molar refractivity (Wildman–Crippen MR) is 79.9 cm³/mol. The molecule has 106 valence electrons. The number of halogens is 1. The molecule has 0 saturated heterocycles. The van der Waals surface area contributed by atoms with Gasteiger partial charge in [-0.25, -0.2) is 4.39 Å². The Bertz CT molecular complexity index is 742. The lowest BCUT2D eigenvalue weighted by Crippen LogP contribution is -2.19. The molecule has 0 bridgehead atoms. The maximum Gasteiger partial charge on any atom is 0.251 e. The third-order valence-electron chi connectivity index (χ3n) is 4.25. The van der Waals surface area contributed by atoms with E-state index >= 15 is 0 Å². The van der Waals surface area contributed by atoms with Crippen LogP contribution < -0.4 is 10.6 Å². The Labute approximate surface area is 122 Å². The molecule has 1 atom stereocenters.